The fourth-order valence-electron chi connectivity index (χ4n) is 2.13. The Bertz CT molecular complexity index is 422. The number of halogens is 1. The predicted molar refractivity (Wildman–Crippen MR) is 71.4 cm³/mol. The van der Waals surface area contributed by atoms with E-state index in [-0.39, 0.29) is 5.91 Å². The molecule has 2 rings (SSSR count). The van der Waals surface area contributed by atoms with Gasteiger partial charge in [-0.1, -0.05) is 28.9 Å². The number of pyridine rings is 1. The number of likely N-dealkylation sites (tertiary alicyclic amines) is 1. The number of amides is 1. The molecule has 1 aliphatic heterocycles. The quantitative estimate of drug-likeness (QED) is 0.747. The van der Waals surface area contributed by atoms with Gasteiger partial charge in [0.1, 0.15) is 5.69 Å². The number of piperidine rings is 1. The lowest BCUT2D eigenvalue weighted by Crippen LogP contribution is -2.43. The molecule has 3 nitrogen and oxygen atoms in total. The van der Waals surface area contributed by atoms with Crippen LogP contribution in [0.25, 0.3) is 0 Å². The minimum absolute atomic E-state index is 0.0555. The van der Waals surface area contributed by atoms with E-state index in [1.54, 1.807) is 6.07 Å². The molecule has 1 aromatic heterocycles. The second kappa shape index (κ2) is 5.17. The van der Waals surface area contributed by atoms with E-state index in [9.17, 15) is 4.79 Å². The average Bonchev–Trinajstić information content (AvgIpc) is 2.32. The highest BCUT2D eigenvalue weighted by Gasteiger charge is 2.27. The molecule has 2 atom stereocenters. The zero-order valence-corrected chi connectivity index (χ0v) is 11.8. The smallest absolute Gasteiger partial charge is 0.272 e. The molecule has 4 heteroatoms. The number of hydrogen-bond acceptors (Lipinski definition) is 2. The van der Waals surface area contributed by atoms with Crippen molar-refractivity contribution in [2.75, 3.05) is 13.1 Å². The summed E-state index contributed by atoms with van der Waals surface area (Å²) in [7, 11) is 0. The van der Waals surface area contributed by atoms with Gasteiger partial charge < -0.3 is 4.90 Å². The summed E-state index contributed by atoms with van der Waals surface area (Å²) in [6, 6.07) is 5.58. The number of carbonyl (C=O) groups is 1. The lowest BCUT2D eigenvalue weighted by atomic mass is 10.00. The fraction of sp³-hybridized carbons (Fsp3) is 0.538. The molecule has 0 aliphatic carbocycles. The van der Waals surface area contributed by atoms with Crippen molar-refractivity contribution >= 4 is 21.8 Å². The molecule has 0 saturated carbocycles. The summed E-state index contributed by atoms with van der Waals surface area (Å²) >= 11 is 3.64. The van der Waals surface area contributed by atoms with E-state index in [0.717, 1.165) is 25.2 Å². The van der Waals surface area contributed by atoms with E-state index in [0.29, 0.717) is 16.4 Å². The Morgan fingerprint density at radius 2 is 2.29 bits per heavy atom. The van der Waals surface area contributed by atoms with E-state index < -0.39 is 0 Å². The highest BCUT2D eigenvalue weighted by molar-refractivity contribution is 9.09. The van der Waals surface area contributed by atoms with Crippen LogP contribution in [0.15, 0.2) is 18.2 Å². The average molecular weight is 297 g/mol. The number of aryl methyl sites for hydroxylation is 1. The van der Waals surface area contributed by atoms with Gasteiger partial charge in [0.05, 0.1) is 0 Å². The molecule has 1 saturated heterocycles. The second-order valence-corrected chi connectivity index (χ2v) is 5.87. The normalized spacial score (nSPS) is 24.8. The zero-order valence-electron chi connectivity index (χ0n) is 10.2. The van der Waals surface area contributed by atoms with Crippen LogP contribution in [0, 0.1) is 12.8 Å². The molecule has 92 valence electrons. The van der Waals surface area contributed by atoms with Crippen LogP contribution in [0.3, 0.4) is 0 Å². The third-order valence-electron chi connectivity index (χ3n) is 3.20. The molecule has 1 fully saturated rings. The van der Waals surface area contributed by atoms with E-state index in [4.69, 9.17) is 0 Å². The molecule has 2 heterocycles. The van der Waals surface area contributed by atoms with E-state index >= 15 is 0 Å². The molecule has 1 aliphatic rings. The number of hydrogen-bond donors (Lipinski definition) is 0. The lowest BCUT2D eigenvalue weighted by Gasteiger charge is -2.34. The Kier molecular flexibility index (Phi) is 3.82. The Morgan fingerprint density at radius 3 is 2.94 bits per heavy atom. The van der Waals surface area contributed by atoms with Crippen LogP contribution in [0.1, 0.15) is 29.5 Å². The maximum Gasteiger partial charge on any atom is 0.272 e. The standard InChI is InChI=1S/C13H17BrN2O/c1-9-8-16(7-6-11(9)14)13(17)12-5-3-4-10(2)15-12/h3-5,9,11H,6-8H2,1-2H3. The van der Waals surface area contributed by atoms with Crippen LogP contribution in [0.4, 0.5) is 0 Å². The van der Waals surface area contributed by atoms with Gasteiger partial charge in [-0.25, -0.2) is 4.98 Å². The van der Waals surface area contributed by atoms with E-state index in [2.05, 4.69) is 27.8 Å². The predicted octanol–water partition coefficient (Wildman–Crippen LogP) is 2.64. The van der Waals surface area contributed by atoms with Crippen molar-refractivity contribution in [1.82, 2.24) is 9.88 Å². The van der Waals surface area contributed by atoms with Gasteiger partial charge in [0.2, 0.25) is 0 Å². The Hall–Kier alpha value is -0.900. The van der Waals surface area contributed by atoms with Crippen LogP contribution in [-0.2, 0) is 0 Å². The summed E-state index contributed by atoms with van der Waals surface area (Å²) < 4.78 is 0. The maximum absolute atomic E-state index is 12.3. The van der Waals surface area contributed by atoms with Gasteiger partial charge in [-0.15, -0.1) is 0 Å². The van der Waals surface area contributed by atoms with E-state index in [1.807, 2.05) is 24.0 Å². The van der Waals surface area contributed by atoms with Crippen LogP contribution in [0.5, 0.6) is 0 Å². The maximum atomic E-state index is 12.3. The number of rotatable bonds is 1. The first-order valence-electron chi connectivity index (χ1n) is 5.95. The second-order valence-electron chi connectivity index (χ2n) is 4.70. The highest BCUT2D eigenvalue weighted by Crippen LogP contribution is 2.24. The molecule has 2 unspecified atom stereocenters. The van der Waals surface area contributed by atoms with Gasteiger partial charge in [-0.2, -0.15) is 0 Å². The Morgan fingerprint density at radius 1 is 1.53 bits per heavy atom. The van der Waals surface area contributed by atoms with Crippen LogP contribution >= 0.6 is 15.9 Å². The first-order chi connectivity index (χ1) is 8.08. The van der Waals surface area contributed by atoms with Crippen LogP contribution in [0.2, 0.25) is 0 Å². The molecule has 0 aromatic carbocycles. The number of carbonyl (C=O) groups excluding carboxylic acids is 1. The van der Waals surface area contributed by atoms with Crippen molar-refractivity contribution in [3.05, 3.63) is 29.6 Å². The molecule has 0 spiro atoms. The molecular formula is C13H17BrN2O. The summed E-state index contributed by atoms with van der Waals surface area (Å²) in [6.45, 7) is 5.70. The van der Waals surface area contributed by atoms with Crippen molar-refractivity contribution in [3.8, 4) is 0 Å². The van der Waals surface area contributed by atoms with Crippen LogP contribution < -0.4 is 0 Å². The molecule has 0 N–H and O–H groups in total. The van der Waals surface area contributed by atoms with Gasteiger partial charge >= 0.3 is 0 Å². The van der Waals surface area contributed by atoms with Crippen LogP contribution in [-0.4, -0.2) is 33.7 Å². The van der Waals surface area contributed by atoms with Gasteiger partial charge in [-0.05, 0) is 31.4 Å². The van der Waals surface area contributed by atoms with Crippen molar-refractivity contribution in [2.45, 2.75) is 25.1 Å². The lowest BCUT2D eigenvalue weighted by molar-refractivity contribution is 0.0684. The van der Waals surface area contributed by atoms with Gasteiger partial charge in [0, 0.05) is 23.6 Å². The van der Waals surface area contributed by atoms with Gasteiger partial charge in [-0.3, -0.25) is 4.79 Å². The fourth-order valence-corrected chi connectivity index (χ4v) is 2.50. The van der Waals surface area contributed by atoms with Crippen molar-refractivity contribution < 1.29 is 4.79 Å². The molecule has 1 amide bonds. The summed E-state index contributed by atoms with van der Waals surface area (Å²) in [6.07, 6.45) is 1.01. The van der Waals surface area contributed by atoms with Crippen molar-refractivity contribution in [1.29, 1.82) is 0 Å². The molecule has 17 heavy (non-hydrogen) atoms. The summed E-state index contributed by atoms with van der Waals surface area (Å²) in [4.78, 5) is 19.0. The summed E-state index contributed by atoms with van der Waals surface area (Å²) in [5.41, 5.74) is 1.45. The first-order valence-corrected chi connectivity index (χ1v) is 6.86. The third-order valence-corrected chi connectivity index (χ3v) is 4.56. The number of aromatic nitrogens is 1. The Balaban J connectivity index is 2.10. The monoisotopic (exact) mass is 296 g/mol. The zero-order chi connectivity index (χ0) is 12.4. The first kappa shape index (κ1) is 12.6. The van der Waals surface area contributed by atoms with Gasteiger partial charge in [0.25, 0.3) is 5.91 Å². The minimum atomic E-state index is 0.0555. The van der Waals surface area contributed by atoms with Crippen molar-refractivity contribution in [3.63, 3.8) is 0 Å². The van der Waals surface area contributed by atoms with Gasteiger partial charge in [0.15, 0.2) is 0 Å². The SMILES string of the molecule is Cc1cccc(C(=O)N2CCC(Br)C(C)C2)n1. The molecule has 1 aromatic rings. The topological polar surface area (TPSA) is 33.2 Å². The number of nitrogens with zero attached hydrogens (tertiary/aromatic N) is 2. The summed E-state index contributed by atoms with van der Waals surface area (Å²) in [5.74, 6) is 0.553. The molecule has 0 radical (unpaired) electrons. The van der Waals surface area contributed by atoms with Crippen molar-refractivity contribution in [2.24, 2.45) is 5.92 Å². The highest BCUT2D eigenvalue weighted by atomic mass is 79.9. The summed E-state index contributed by atoms with van der Waals surface area (Å²) in [5, 5.41) is 0. The Labute approximate surface area is 110 Å². The number of alkyl halides is 1. The molecule has 0 bridgehead atoms. The largest absolute Gasteiger partial charge is 0.337 e. The van der Waals surface area contributed by atoms with E-state index in [1.165, 1.54) is 0 Å². The minimum Gasteiger partial charge on any atom is -0.337 e. The third kappa shape index (κ3) is 2.86. The molecular weight excluding hydrogens is 280 g/mol.